The number of hydrogen-bond donors (Lipinski definition) is 2. The van der Waals surface area contributed by atoms with Crippen LogP contribution in [-0.2, 0) is 10.0 Å². The number of nitrogens with one attached hydrogen (secondary N) is 2. The van der Waals surface area contributed by atoms with Gasteiger partial charge in [0.1, 0.15) is 17.2 Å². The molecule has 0 aliphatic carbocycles. The number of aromatic nitrogens is 1. The highest BCUT2D eigenvalue weighted by molar-refractivity contribution is 7.93. The molecule has 1 heterocycles. The topological polar surface area (TPSA) is 107 Å². The molecule has 0 aliphatic rings. The van der Waals surface area contributed by atoms with Crippen LogP contribution < -0.4 is 19.5 Å². The molecule has 0 unspecified atom stereocenters. The molecule has 8 nitrogen and oxygen atoms in total. The van der Waals surface area contributed by atoms with Gasteiger partial charge < -0.3 is 14.8 Å². The fourth-order valence-electron chi connectivity index (χ4n) is 2.22. The summed E-state index contributed by atoms with van der Waals surface area (Å²) < 4.78 is 37.3. The van der Waals surface area contributed by atoms with Gasteiger partial charge in [0.2, 0.25) is 0 Å². The van der Waals surface area contributed by atoms with Gasteiger partial charge in [-0.2, -0.15) is 0 Å². The van der Waals surface area contributed by atoms with Gasteiger partial charge in [-0.05, 0) is 48.5 Å². The molecule has 10 heteroatoms. The van der Waals surface area contributed by atoms with Gasteiger partial charge in [-0.1, -0.05) is 0 Å². The van der Waals surface area contributed by atoms with Crippen molar-refractivity contribution in [2.75, 3.05) is 24.3 Å². The van der Waals surface area contributed by atoms with Crippen molar-refractivity contribution >= 4 is 38.1 Å². The van der Waals surface area contributed by atoms with Crippen LogP contribution in [0.5, 0.6) is 11.5 Å². The molecular formula is C18H17N3O5S2. The number of carbonyl (C=O) groups is 1. The molecule has 1 amide bonds. The largest absolute Gasteiger partial charge is 0.497 e. The molecule has 0 spiro atoms. The Hall–Kier alpha value is -3.11. The molecule has 0 radical (unpaired) electrons. The predicted molar refractivity (Wildman–Crippen MR) is 107 cm³/mol. The van der Waals surface area contributed by atoms with Crippen molar-refractivity contribution in [2.24, 2.45) is 0 Å². The standard InChI is InChI=1S/C18H17N3O5S2/c1-25-13-5-3-12(4-6-13)19-17(22)16-11-27-18(20-16)21-28(23,24)15-9-7-14(26-2)8-10-15/h3-11H,1-2H3,(H,19,22)(H,20,21). The Morgan fingerprint density at radius 3 is 2.11 bits per heavy atom. The highest BCUT2D eigenvalue weighted by Crippen LogP contribution is 2.23. The second-order valence-electron chi connectivity index (χ2n) is 5.50. The Kier molecular flexibility index (Phi) is 5.81. The maximum absolute atomic E-state index is 12.4. The highest BCUT2D eigenvalue weighted by Gasteiger charge is 2.18. The van der Waals surface area contributed by atoms with Gasteiger partial charge >= 0.3 is 0 Å². The van der Waals surface area contributed by atoms with Gasteiger partial charge in [-0.25, -0.2) is 13.4 Å². The van der Waals surface area contributed by atoms with E-state index < -0.39 is 15.9 Å². The number of rotatable bonds is 7. The molecule has 146 valence electrons. The second-order valence-corrected chi connectivity index (χ2v) is 8.04. The molecule has 28 heavy (non-hydrogen) atoms. The molecule has 3 rings (SSSR count). The average molecular weight is 419 g/mol. The first kappa shape index (κ1) is 19.6. The number of anilines is 2. The number of benzene rings is 2. The SMILES string of the molecule is COc1ccc(NC(=O)c2csc(NS(=O)(=O)c3ccc(OC)cc3)n2)cc1. The fraction of sp³-hybridized carbons (Fsp3) is 0.111. The summed E-state index contributed by atoms with van der Waals surface area (Å²) in [5.41, 5.74) is 0.674. The summed E-state index contributed by atoms with van der Waals surface area (Å²) in [7, 11) is -0.772. The summed E-state index contributed by atoms with van der Waals surface area (Å²) in [5.74, 6) is 0.767. The van der Waals surface area contributed by atoms with Crippen LogP contribution in [0.3, 0.4) is 0 Å². The van der Waals surface area contributed by atoms with E-state index in [2.05, 4.69) is 15.0 Å². The summed E-state index contributed by atoms with van der Waals surface area (Å²) >= 11 is 1.02. The van der Waals surface area contributed by atoms with Crippen molar-refractivity contribution in [3.8, 4) is 11.5 Å². The summed E-state index contributed by atoms with van der Waals surface area (Å²) in [5, 5.41) is 4.26. The lowest BCUT2D eigenvalue weighted by Crippen LogP contribution is -2.14. The maximum Gasteiger partial charge on any atom is 0.275 e. The number of sulfonamides is 1. The Balaban J connectivity index is 1.69. The molecule has 0 atom stereocenters. The van der Waals surface area contributed by atoms with Crippen LogP contribution in [0.1, 0.15) is 10.5 Å². The zero-order chi connectivity index (χ0) is 20.1. The highest BCUT2D eigenvalue weighted by atomic mass is 32.2. The first-order chi connectivity index (χ1) is 13.4. The average Bonchev–Trinajstić information content (AvgIpc) is 3.16. The summed E-state index contributed by atoms with van der Waals surface area (Å²) in [6, 6.07) is 12.7. The zero-order valence-electron chi connectivity index (χ0n) is 15.0. The minimum Gasteiger partial charge on any atom is -0.497 e. The molecular weight excluding hydrogens is 402 g/mol. The van der Waals surface area contributed by atoms with E-state index in [4.69, 9.17) is 9.47 Å². The molecule has 0 bridgehead atoms. The van der Waals surface area contributed by atoms with Crippen LogP contribution in [-0.4, -0.2) is 33.5 Å². The van der Waals surface area contributed by atoms with Crippen LogP contribution in [0.25, 0.3) is 0 Å². The van der Waals surface area contributed by atoms with Crippen molar-refractivity contribution in [2.45, 2.75) is 4.90 Å². The second kappa shape index (κ2) is 8.28. The lowest BCUT2D eigenvalue weighted by Gasteiger charge is -2.06. The van der Waals surface area contributed by atoms with Gasteiger partial charge in [0.05, 0.1) is 19.1 Å². The smallest absolute Gasteiger partial charge is 0.275 e. The third kappa shape index (κ3) is 4.59. The Morgan fingerprint density at radius 1 is 0.964 bits per heavy atom. The molecule has 0 saturated heterocycles. The van der Waals surface area contributed by atoms with E-state index in [1.54, 1.807) is 43.5 Å². The quantitative estimate of drug-likeness (QED) is 0.609. The Bertz CT molecular complexity index is 1060. The van der Waals surface area contributed by atoms with E-state index in [0.717, 1.165) is 11.3 Å². The number of hydrogen-bond acceptors (Lipinski definition) is 7. The maximum atomic E-state index is 12.4. The first-order valence-electron chi connectivity index (χ1n) is 7.99. The minimum absolute atomic E-state index is 0.0627. The summed E-state index contributed by atoms with van der Waals surface area (Å²) in [6.45, 7) is 0. The van der Waals surface area contributed by atoms with Crippen molar-refractivity contribution in [1.29, 1.82) is 0 Å². The van der Waals surface area contributed by atoms with Gasteiger partial charge in [0.25, 0.3) is 15.9 Å². The number of ether oxygens (including phenoxy) is 2. The number of thiazole rings is 1. The molecule has 3 aromatic rings. The van der Waals surface area contributed by atoms with Crippen molar-refractivity contribution < 1.29 is 22.7 Å². The van der Waals surface area contributed by atoms with E-state index in [9.17, 15) is 13.2 Å². The predicted octanol–water partition coefficient (Wildman–Crippen LogP) is 3.21. The minimum atomic E-state index is -3.82. The van der Waals surface area contributed by atoms with Crippen LogP contribution >= 0.6 is 11.3 Å². The number of amides is 1. The van der Waals surface area contributed by atoms with E-state index >= 15 is 0 Å². The van der Waals surface area contributed by atoms with Crippen molar-refractivity contribution in [3.63, 3.8) is 0 Å². The summed E-state index contributed by atoms with van der Waals surface area (Å²) in [4.78, 5) is 16.4. The van der Waals surface area contributed by atoms with E-state index in [0.29, 0.717) is 17.2 Å². The number of nitrogens with zero attached hydrogens (tertiary/aromatic N) is 1. The fourth-order valence-corrected chi connectivity index (χ4v) is 4.17. The van der Waals surface area contributed by atoms with E-state index in [1.165, 1.54) is 24.6 Å². The van der Waals surface area contributed by atoms with Crippen LogP contribution in [0.4, 0.5) is 10.8 Å². The summed E-state index contributed by atoms with van der Waals surface area (Å²) in [6.07, 6.45) is 0. The van der Waals surface area contributed by atoms with E-state index in [-0.39, 0.29) is 15.7 Å². The Morgan fingerprint density at radius 2 is 1.54 bits per heavy atom. The molecule has 1 aromatic heterocycles. The molecule has 2 N–H and O–H groups in total. The molecule has 0 aliphatic heterocycles. The number of methoxy groups -OCH3 is 2. The van der Waals surface area contributed by atoms with Crippen molar-refractivity contribution in [1.82, 2.24) is 4.98 Å². The van der Waals surface area contributed by atoms with Crippen LogP contribution in [0, 0.1) is 0 Å². The lowest BCUT2D eigenvalue weighted by atomic mass is 10.3. The van der Waals surface area contributed by atoms with Gasteiger partial charge in [0.15, 0.2) is 5.13 Å². The third-order valence-electron chi connectivity index (χ3n) is 3.68. The van der Waals surface area contributed by atoms with Gasteiger partial charge in [-0.15, -0.1) is 11.3 Å². The Labute approximate surface area is 166 Å². The van der Waals surface area contributed by atoms with E-state index in [1.807, 2.05) is 0 Å². The van der Waals surface area contributed by atoms with Crippen LogP contribution in [0.2, 0.25) is 0 Å². The molecule has 0 fully saturated rings. The zero-order valence-corrected chi connectivity index (χ0v) is 16.6. The van der Waals surface area contributed by atoms with Crippen molar-refractivity contribution in [3.05, 3.63) is 59.6 Å². The normalized spacial score (nSPS) is 10.9. The molecule has 2 aromatic carbocycles. The van der Waals surface area contributed by atoms with Crippen LogP contribution in [0.15, 0.2) is 58.8 Å². The molecule has 0 saturated carbocycles. The van der Waals surface area contributed by atoms with Gasteiger partial charge in [0, 0.05) is 11.1 Å². The number of carbonyl (C=O) groups excluding carboxylic acids is 1. The first-order valence-corrected chi connectivity index (χ1v) is 10.4. The lowest BCUT2D eigenvalue weighted by molar-refractivity contribution is 0.102. The monoisotopic (exact) mass is 419 g/mol. The third-order valence-corrected chi connectivity index (χ3v) is 5.92. The van der Waals surface area contributed by atoms with Gasteiger partial charge in [-0.3, -0.25) is 9.52 Å².